The van der Waals surface area contributed by atoms with Crippen LogP contribution in [0.25, 0.3) is 0 Å². The third-order valence-electron chi connectivity index (χ3n) is 3.10. The van der Waals surface area contributed by atoms with E-state index in [1.54, 1.807) is 4.90 Å². The molecular weight excluding hydrogens is 194 g/mol. The summed E-state index contributed by atoms with van der Waals surface area (Å²) in [7, 11) is 0. The van der Waals surface area contributed by atoms with Crippen LogP contribution in [0.2, 0.25) is 0 Å². The normalized spacial score (nSPS) is 22.6. The molecule has 1 N–H and O–H groups in total. The van der Waals surface area contributed by atoms with Crippen LogP contribution in [-0.4, -0.2) is 35.0 Å². The number of carbonyl (C=O) groups excluding carboxylic acids is 1. The molecule has 0 bridgehead atoms. The van der Waals surface area contributed by atoms with Crippen LogP contribution in [0.3, 0.4) is 0 Å². The van der Waals surface area contributed by atoms with Gasteiger partial charge in [0.15, 0.2) is 0 Å². The number of aliphatic carboxylic acids is 1. The van der Waals surface area contributed by atoms with Crippen LogP contribution in [0.1, 0.15) is 39.0 Å². The summed E-state index contributed by atoms with van der Waals surface area (Å²) in [6, 6.07) is 0. The minimum atomic E-state index is -0.834. The second-order valence-electron chi connectivity index (χ2n) is 4.13. The molecule has 1 fully saturated rings. The Bertz CT molecular complexity index is 240. The van der Waals surface area contributed by atoms with E-state index in [9.17, 15) is 9.59 Å². The number of rotatable bonds is 4. The predicted octanol–water partition coefficient (Wildman–Crippen LogP) is 1.50. The van der Waals surface area contributed by atoms with Crippen molar-refractivity contribution in [3.05, 3.63) is 0 Å². The van der Waals surface area contributed by atoms with Crippen molar-refractivity contribution < 1.29 is 14.7 Å². The molecule has 1 rings (SSSR count). The molecule has 1 aliphatic rings. The van der Waals surface area contributed by atoms with Crippen molar-refractivity contribution in [3.8, 4) is 0 Å². The maximum atomic E-state index is 11.6. The standard InChI is InChI=1S/C11H19NO3/c1-2-9-3-4-10(13)12(7-5-9)8-6-11(14)15/h9H,2-8H2,1H3,(H,14,15). The quantitative estimate of drug-likeness (QED) is 0.770. The lowest BCUT2D eigenvalue weighted by Crippen LogP contribution is -2.32. The first kappa shape index (κ1) is 12.0. The maximum Gasteiger partial charge on any atom is 0.305 e. The number of amides is 1. The summed E-state index contributed by atoms with van der Waals surface area (Å²) in [6.45, 7) is 3.23. The van der Waals surface area contributed by atoms with E-state index >= 15 is 0 Å². The topological polar surface area (TPSA) is 57.6 Å². The van der Waals surface area contributed by atoms with Crippen LogP contribution in [0.4, 0.5) is 0 Å². The van der Waals surface area contributed by atoms with Gasteiger partial charge in [-0.3, -0.25) is 9.59 Å². The van der Waals surface area contributed by atoms with Crippen molar-refractivity contribution in [2.24, 2.45) is 5.92 Å². The van der Waals surface area contributed by atoms with Crippen molar-refractivity contribution in [3.63, 3.8) is 0 Å². The number of carboxylic acids is 1. The summed E-state index contributed by atoms with van der Waals surface area (Å²) in [4.78, 5) is 23.7. The number of carbonyl (C=O) groups is 2. The highest BCUT2D eigenvalue weighted by molar-refractivity contribution is 5.77. The first-order chi connectivity index (χ1) is 7.13. The number of nitrogens with zero attached hydrogens (tertiary/aromatic N) is 1. The Morgan fingerprint density at radius 2 is 2.27 bits per heavy atom. The summed E-state index contributed by atoms with van der Waals surface area (Å²) in [5, 5.41) is 8.56. The van der Waals surface area contributed by atoms with E-state index in [2.05, 4.69) is 6.92 Å². The molecule has 1 aliphatic heterocycles. The minimum absolute atomic E-state index is 0.0581. The molecule has 1 saturated heterocycles. The van der Waals surface area contributed by atoms with Crippen LogP contribution in [-0.2, 0) is 9.59 Å². The number of likely N-dealkylation sites (tertiary alicyclic amines) is 1. The van der Waals surface area contributed by atoms with Crippen molar-refractivity contribution in [1.29, 1.82) is 0 Å². The minimum Gasteiger partial charge on any atom is -0.481 e. The molecule has 1 amide bonds. The lowest BCUT2D eigenvalue weighted by Gasteiger charge is -2.19. The molecule has 0 spiro atoms. The van der Waals surface area contributed by atoms with Gasteiger partial charge >= 0.3 is 5.97 Å². The van der Waals surface area contributed by atoms with E-state index in [4.69, 9.17) is 5.11 Å². The van der Waals surface area contributed by atoms with Crippen LogP contribution in [0.5, 0.6) is 0 Å². The largest absolute Gasteiger partial charge is 0.481 e. The van der Waals surface area contributed by atoms with Gasteiger partial charge in [0.1, 0.15) is 0 Å². The first-order valence-corrected chi connectivity index (χ1v) is 5.63. The van der Waals surface area contributed by atoms with Crippen molar-refractivity contribution in [1.82, 2.24) is 4.90 Å². The zero-order valence-electron chi connectivity index (χ0n) is 9.24. The van der Waals surface area contributed by atoms with Gasteiger partial charge < -0.3 is 10.0 Å². The lowest BCUT2D eigenvalue weighted by atomic mass is 9.98. The van der Waals surface area contributed by atoms with Gasteiger partial charge in [0.05, 0.1) is 6.42 Å². The third kappa shape index (κ3) is 3.90. The molecule has 86 valence electrons. The van der Waals surface area contributed by atoms with Crippen molar-refractivity contribution >= 4 is 11.9 Å². The van der Waals surface area contributed by atoms with Gasteiger partial charge in [-0.05, 0) is 18.8 Å². The van der Waals surface area contributed by atoms with Crippen LogP contribution in [0, 0.1) is 5.92 Å². The Labute approximate surface area is 90.3 Å². The van der Waals surface area contributed by atoms with Gasteiger partial charge in [0.25, 0.3) is 0 Å². The molecule has 1 heterocycles. The molecule has 1 atom stereocenters. The molecule has 0 saturated carbocycles. The van der Waals surface area contributed by atoms with E-state index in [1.807, 2.05) is 0 Å². The molecule has 4 heteroatoms. The SMILES string of the molecule is CCC1CCC(=O)N(CCC(=O)O)CC1. The predicted molar refractivity (Wildman–Crippen MR) is 56.5 cm³/mol. The second kappa shape index (κ2) is 5.73. The summed E-state index contributed by atoms with van der Waals surface area (Å²) in [6.07, 6.45) is 3.72. The number of carboxylic acid groups (broad SMARTS) is 1. The van der Waals surface area contributed by atoms with Crippen LogP contribution < -0.4 is 0 Å². The fourth-order valence-corrected chi connectivity index (χ4v) is 1.97. The van der Waals surface area contributed by atoms with E-state index in [0.29, 0.717) is 18.9 Å². The van der Waals surface area contributed by atoms with Crippen molar-refractivity contribution in [2.75, 3.05) is 13.1 Å². The average molecular weight is 213 g/mol. The fourth-order valence-electron chi connectivity index (χ4n) is 1.97. The van der Waals surface area contributed by atoms with E-state index in [1.165, 1.54) is 0 Å². The molecule has 0 aromatic carbocycles. The highest BCUT2D eigenvalue weighted by Gasteiger charge is 2.21. The van der Waals surface area contributed by atoms with Gasteiger partial charge in [-0.2, -0.15) is 0 Å². The van der Waals surface area contributed by atoms with Gasteiger partial charge in [-0.25, -0.2) is 0 Å². The average Bonchev–Trinajstić information content (AvgIpc) is 2.37. The van der Waals surface area contributed by atoms with Gasteiger partial charge in [0.2, 0.25) is 5.91 Å². The Hall–Kier alpha value is -1.06. The van der Waals surface area contributed by atoms with E-state index in [0.717, 1.165) is 25.8 Å². The highest BCUT2D eigenvalue weighted by atomic mass is 16.4. The summed E-state index contributed by atoms with van der Waals surface area (Å²) in [5.74, 6) is -0.0879. The van der Waals surface area contributed by atoms with Crippen LogP contribution in [0.15, 0.2) is 0 Å². The Morgan fingerprint density at radius 3 is 2.87 bits per heavy atom. The van der Waals surface area contributed by atoms with Crippen molar-refractivity contribution in [2.45, 2.75) is 39.0 Å². The summed E-state index contributed by atoms with van der Waals surface area (Å²) < 4.78 is 0. The monoisotopic (exact) mass is 213 g/mol. The maximum absolute atomic E-state index is 11.6. The summed E-state index contributed by atoms with van der Waals surface area (Å²) >= 11 is 0. The molecular formula is C11H19NO3. The van der Waals surface area contributed by atoms with E-state index < -0.39 is 5.97 Å². The van der Waals surface area contributed by atoms with E-state index in [-0.39, 0.29) is 12.3 Å². The zero-order chi connectivity index (χ0) is 11.3. The number of hydrogen-bond donors (Lipinski definition) is 1. The highest BCUT2D eigenvalue weighted by Crippen LogP contribution is 2.20. The molecule has 0 aromatic rings. The molecule has 0 radical (unpaired) electrons. The Balaban J connectivity index is 2.42. The van der Waals surface area contributed by atoms with Gasteiger partial charge in [0, 0.05) is 19.5 Å². The van der Waals surface area contributed by atoms with Gasteiger partial charge in [-0.1, -0.05) is 13.3 Å². The third-order valence-corrected chi connectivity index (χ3v) is 3.10. The molecule has 0 aliphatic carbocycles. The van der Waals surface area contributed by atoms with Gasteiger partial charge in [-0.15, -0.1) is 0 Å². The molecule has 1 unspecified atom stereocenters. The molecule has 0 aromatic heterocycles. The fraction of sp³-hybridized carbons (Fsp3) is 0.818. The smallest absolute Gasteiger partial charge is 0.305 e. The Kier molecular flexibility index (Phi) is 4.59. The lowest BCUT2D eigenvalue weighted by molar-refractivity contribution is -0.138. The molecule has 15 heavy (non-hydrogen) atoms. The summed E-state index contributed by atoms with van der Waals surface area (Å²) in [5.41, 5.74) is 0. The zero-order valence-corrected chi connectivity index (χ0v) is 9.24. The second-order valence-corrected chi connectivity index (χ2v) is 4.13. The number of hydrogen-bond acceptors (Lipinski definition) is 2. The Morgan fingerprint density at radius 1 is 1.53 bits per heavy atom. The van der Waals surface area contributed by atoms with Crippen LogP contribution >= 0.6 is 0 Å². The first-order valence-electron chi connectivity index (χ1n) is 5.63. The molecule has 4 nitrogen and oxygen atoms in total.